The molecule has 0 spiro atoms. The van der Waals surface area contributed by atoms with Crippen LogP contribution in [0.2, 0.25) is 0 Å². The number of rotatable bonds is 1. The summed E-state index contributed by atoms with van der Waals surface area (Å²) >= 11 is 0. The van der Waals surface area contributed by atoms with Crippen LogP contribution in [-0.4, -0.2) is 46.9 Å². The van der Waals surface area contributed by atoms with Crippen LogP contribution < -0.4 is 0 Å². The van der Waals surface area contributed by atoms with Gasteiger partial charge in [-0.2, -0.15) is 18.3 Å². The van der Waals surface area contributed by atoms with Crippen LogP contribution in [0.5, 0.6) is 0 Å². The number of ether oxygens (including phenoxy) is 1. The zero-order valence-corrected chi connectivity index (χ0v) is 9.70. The summed E-state index contributed by atoms with van der Waals surface area (Å²) in [4.78, 5) is 13.5. The summed E-state index contributed by atoms with van der Waals surface area (Å²) in [5, 5.41) is 3.31. The number of hydrogen-bond acceptors (Lipinski definition) is 3. The molecule has 8 heteroatoms. The normalized spacial score (nSPS) is 17.0. The second-order valence-electron chi connectivity index (χ2n) is 3.94. The quantitative estimate of drug-likeness (QED) is 0.756. The topological polar surface area (TPSA) is 47.4 Å². The van der Waals surface area contributed by atoms with Crippen LogP contribution >= 0.6 is 0 Å². The Morgan fingerprint density at radius 1 is 1.39 bits per heavy atom. The molecule has 0 aliphatic carbocycles. The van der Waals surface area contributed by atoms with Gasteiger partial charge in [0.25, 0.3) is 5.91 Å². The minimum absolute atomic E-state index is 0.0655. The van der Waals surface area contributed by atoms with E-state index in [2.05, 4.69) is 5.10 Å². The van der Waals surface area contributed by atoms with Gasteiger partial charge in [-0.25, -0.2) is 0 Å². The van der Waals surface area contributed by atoms with E-state index in [1.165, 1.54) is 11.9 Å². The highest BCUT2D eigenvalue weighted by atomic mass is 19.4. The van der Waals surface area contributed by atoms with Gasteiger partial charge < -0.3 is 9.64 Å². The molecule has 0 atom stereocenters. The summed E-state index contributed by atoms with van der Waals surface area (Å²) < 4.78 is 43.4. The number of aryl methyl sites for hydroxylation is 1. The molecule has 1 aromatic rings. The summed E-state index contributed by atoms with van der Waals surface area (Å²) in [7, 11) is 1.32. The van der Waals surface area contributed by atoms with Crippen LogP contribution in [0.15, 0.2) is 6.07 Å². The lowest BCUT2D eigenvalue weighted by molar-refractivity contribution is -0.141. The Labute approximate surface area is 101 Å². The molecular formula is C10H12F3N3O2. The fourth-order valence-corrected chi connectivity index (χ4v) is 1.73. The van der Waals surface area contributed by atoms with Crippen LogP contribution in [-0.2, 0) is 18.0 Å². The summed E-state index contributed by atoms with van der Waals surface area (Å²) in [6.07, 6.45) is -4.54. The number of alkyl halides is 3. The Balaban J connectivity index is 2.22. The van der Waals surface area contributed by atoms with E-state index in [0.29, 0.717) is 26.3 Å². The number of amides is 1. The van der Waals surface area contributed by atoms with E-state index in [0.717, 1.165) is 10.7 Å². The van der Waals surface area contributed by atoms with Gasteiger partial charge in [0, 0.05) is 26.2 Å². The summed E-state index contributed by atoms with van der Waals surface area (Å²) in [6, 6.07) is 0.776. The minimum atomic E-state index is -4.54. The summed E-state index contributed by atoms with van der Waals surface area (Å²) in [5.41, 5.74) is -1.12. The van der Waals surface area contributed by atoms with E-state index in [9.17, 15) is 18.0 Å². The molecule has 0 unspecified atom stereocenters. The van der Waals surface area contributed by atoms with Gasteiger partial charge in [0.1, 0.15) is 5.69 Å². The molecule has 18 heavy (non-hydrogen) atoms. The highest BCUT2D eigenvalue weighted by Crippen LogP contribution is 2.28. The first-order chi connectivity index (χ1) is 8.39. The van der Waals surface area contributed by atoms with Crippen LogP contribution in [0.4, 0.5) is 13.2 Å². The second kappa shape index (κ2) is 4.60. The van der Waals surface area contributed by atoms with Crippen molar-refractivity contribution in [2.75, 3.05) is 26.3 Å². The number of carbonyl (C=O) groups excluding carboxylic acids is 1. The molecule has 2 rings (SSSR count). The Hall–Kier alpha value is -1.57. The molecule has 0 aromatic carbocycles. The molecule has 1 aliphatic heterocycles. The molecule has 1 fully saturated rings. The molecular weight excluding hydrogens is 251 g/mol. The highest BCUT2D eigenvalue weighted by Gasteiger charge is 2.36. The van der Waals surface area contributed by atoms with Crippen molar-refractivity contribution < 1.29 is 22.7 Å². The molecule has 0 saturated carbocycles. The van der Waals surface area contributed by atoms with E-state index in [-0.39, 0.29) is 5.69 Å². The van der Waals surface area contributed by atoms with Gasteiger partial charge in [-0.05, 0) is 0 Å². The Kier molecular flexibility index (Phi) is 3.29. The minimum Gasteiger partial charge on any atom is -0.378 e. The molecule has 1 aromatic heterocycles. The molecule has 100 valence electrons. The molecule has 1 amide bonds. The fraction of sp³-hybridized carbons (Fsp3) is 0.600. The number of hydrogen-bond donors (Lipinski definition) is 0. The van der Waals surface area contributed by atoms with Gasteiger partial charge in [-0.15, -0.1) is 0 Å². The van der Waals surface area contributed by atoms with Crippen molar-refractivity contribution in [2.24, 2.45) is 7.05 Å². The third-order valence-corrected chi connectivity index (χ3v) is 2.69. The smallest absolute Gasteiger partial charge is 0.378 e. The Bertz CT molecular complexity index is 450. The van der Waals surface area contributed by atoms with Crippen molar-refractivity contribution in [1.82, 2.24) is 14.7 Å². The maximum absolute atomic E-state index is 12.5. The van der Waals surface area contributed by atoms with Gasteiger partial charge in [0.2, 0.25) is 0 Å². The van der Waals surface area contributed by atoms with Crippen molar-refractivity contribution in [3.05, 3.63) is 17.5 Å². The fourth-order valence-electron chi connectivity index (χ4n) is 1.73. The first kappa shape index (κ1) is 12.9. The number of nitrogens with zero attached hydrogens (tertiary/aromatic N) is 3. The predicted molar refractivity (Wildman–Crippen MR) is 54.9 cm³/mol. The van der Waals surface area contributed by atoms with Gasteiger partial charge in [-0.3, -0.25) is 9.48 Å². The highest BCUT2D eigenvalue weighted by molar-refractivity contribution is 5.92. The average molecular weight is 263 g/mol. The summed E-state index contributed by atoms with van der Waals surface area (Å²) in [6.45, 7) is 1.56. The first-order valence-corrected chi connectivity index (χ1v) is 5.38. The van der Waals surface area contributed by atoms with Crippen molar-refractivity contribution in [3.63, 3.8) is 0 Å². The molecule has 2 heterocycles. The first-order valence-electron chi connectivity index (χ1n) is 5.38. The van der Waals surface area contributed by atoms with E-state index in [1.807, 2.05) is 0 Å². The average Bonchev–Trinajstić information content (AvgIpc) is 2.71. The maximum Gasteiger partial charge on any atom is 0.435 e. The molecule has 5 nitrogen and oxygen atoms in total. The third kappa shape index (κ3) is 2.47. The zero-order valence-electron chi connectivity index (χ0n) is 9.70. The Morgan fingerprint density at radius 2 is 2.00 bits per heavy atom. The SMILES string of the molecule is Cn1nc(C(F)(F)F)cc1C(=O)N1CCOCC1. The van der Waals surface area contributed by atoms with Crippen LogP contribution in [0.3, 0.4) is 0 Å². The zero-order chi connectivity index (χ0) is 13.3. The van der Waals surface area contributed by atoms with Crippen molar-refractivity contribution in [3.8, 4) is 0 Å². The molecule has 0 bridgehead atoms. The molecule has 0 N–H and O–H groups in total. The largest absolute Gasteiger partial charge is 0.435 e. The molecule has 1 aliphatic rings. The second-order valence-corrected chi connectivity index (χ2v) is 3.94. The maximum atomic E-state index is 12.5. The lowest BCUT2D eigenvalue weighted by atomic mass is 10.3. The third-order valence-electron chi connectivity index (χ3n) is 2.69. The standard InChI is InChI=1S/C10H12F3N3O2/c1-15-7(6-8(14-15)10(11,12)13)9(17)16-2-4-18-5-3-16/h6H,2-5H2,1H3. The lowest BCUT2D eigenvalue weighted by Crippen LogP contribution is -2.41. The number of morpholine rings is 1. The van der Waals surface area contributed by atoms with E-state index in [1.54, 1.807) is 0 Å². The Morgan fingerprint density at radius 3 is 2.50 bits per heavy atom. The number of halogens is 3. The van der Waals surface area contributed by atoms with Gasteiger partial charge in [0.15, 0.2) is 5.69 Å². The predicted octanol–water partition coefficient (Wildman–Crippen LogP) is 0.911. The number of carbonyl (C=O) groups is 1. The van der Waals surface area contributed by atoms with Gasteiger partial charge in [0.05, 0.1) is 13.2 Å². The van der Waals surface area contributed by atoms with Crippen molar-refractivity contribution in [1.29, 1.82) is 0 Å². The molecule has 1 saturated heterocycles. The lowest BCUT2D eigenvalue weighted by Gasteiger charge is -2.26. The van der Waals surface area contributed by atoms with Crippen molar-refractivity contribution >= 4 is 5.91 Å². The van der Waals surface area contributed by atoms with Crippen molar-refractivity contribution in [2.45, 2.75) is 6.18 Å². The van der Waals surface area contributed by atoms with E-state index >= 15 is 0 Å². The monoisotopic (exact) mass is 263 g/mol. The summed E-state index contributed by atoms with van der Waals surface area (Å²) in [5.74, 6) is -0.455. The van der Waals surface area contributed by atoms with Gasteiger partial charge in [-0.1, -0.05) is 0 Å². The van der Waals surface area contributed by atoms with Crippen LogP contribution in [0.1, 0.15) is 16.2 Å². The molecule has 0 radical (unpaired) electrons. The van der Waals surface area contributed by atoms with Crippen LogP contribution in [0.25, 0.3) is 0 Å². The van der Waals surface area contributed by atoms with E-state index in [4.69, 9.17) is 4.74 Å². The van der Waals surface area contributed by atoms with Gasteiger partial charge >= 0.3 is 6.18 Å². The van der Waals surface area contributed by atoms with Crippen LogP contribution in [0, 0.1) is 0 Å². The number of aromatic nitrogens is 2. The van der Waals surface area contributed by atoms with E-state index < -0.39 is 17.8 Å².